The van der Waals surface area contributed by atoms with Crippen molar-refractivity contribution in [3.8, 4) is 0 Å². The summed E-state index contributed by atoms with van der Waals surface area (Å²) < 4.78 is 37.4. The maximum Gasteiger partial charge on any atom is 0.274 e. The van der Waals surface area contributed by atoms with Gasteiger partial charge in [-0.2, -0.15) is 0 Å². The molecule has 10 heteroatoms. The van der Waals surface area contributed by atoms with Gasteiger partial charge in [0.2, 0.25) is 6.29 Å². The smallest absolute Gasteiger partial charge is 0.274 e. The Balaban J connectivity index is 1.81. The van der Waals surface area contributed by atoms with Crippen molar-refractivity contribution in [2.75, 3.05) is 17.9 Å². The molecule has 1 N–H and O–H groups in total. The molecular formula is C11H10ClN3O4S2. The van der Waals surface area contributed by atoms with Crippen molar-refractivity contribution >= 4 is 38.8 Å². The number of halogens is 1. The first kappa shape index (κ1) is 14.7. The number of hydrogen-bond acceptors (Lipinski definition) is 7. The van der Waals surface area contributed by atoms with Gasteiger partial charge in [0.15, 0.2) is 9.22 Å². The highest BCUT2D eigenvalue weighted by molar-refractivity contribution is 7.94. The number of rotatable bonds is 4. The summed E-state index contributed by atoms with van der Waals surface area (Å²) >= 11 is 6.71. The average molecular weight is 348 g/mol. The number of thiazole rings is 1. The third kappa shape index (κ3) is 3.33. The number of sulfonamides is 1. The first-order valence-electron chi connectivity index (χ1n) is 5.89. The van der Waals surface area contributed by atoms with Gasteiger partial charge in [-0.3, -0.25) is 4.72 Å². The summed E-state index contributed by atoms with van der Waals surface area (Å²) in [7, 11) is -3.77. The molecule has 2 aromatic heterocycles. The van der Waals surface area contributed by atoms with Crippen molar-refractivity contribution in [3.05, 3.63) is 34.6 Å². The summed E-state index contributed by atoms with van der Waals surface area (Å²) in [5, 5.41) is 0.667. The van der Waals surface area contributed by atoms with Crippen LogP contribution in [-0.2, 0) is 19.5 Å². The normalized spacial score (nSPS) is 16.2. The zero-order valence-corrected chi connectivity index (χ0v) is 12.9. The molecule has 112 valence electrons. The van der Waals surface area contributed by atoms with Gasteiger partial charge in [0.05, 0.1) is 19.4 Å². The number of hydrogen-bond donors (Lipinski definition) is 1. The highest BCUT2D eigenvalue weighted by Gasteiger charge is 2.25. The molecule has 0 radical (unpaired) electrons. The van der Waals surface area contributed by atoms with E-state index < -0.39 is 16.3 Å². The van der Waals surface area contributed by atoms with Gasteiger partial charge in [0, 0.05) is 0 Å². The van der Waals surface area contributed by atoms with Crippen LogP contribution in [0.5, 0.6) is 0 Å². The van der Waals surface area contributed by atoms with E-state index in [4.69, 9.17) is 21.1 Å². The Morgan fingerprint density at radius 3 is 2.81 bits per heavy atom. The first-order valence-corrected chi connectivity index (χ1v) is 8.57. The number of aromatic nitrogens is 2. The fraction of sp³-hybridized carbons (Fsp3) is 0.273. The van der Waals surface area contributed by atoms with Crippen LogP contribution < -0.4 is 4.72 Å². The van der Waals surface area contributed by atoms with Gasteiger partial charge in [-0.05, 0) is 12.1 Å². The van der Waals surface area contributed by atoms with Gasteiger partial charge in [0.1, 0.15) is 11.0 Å². The minimum absolute atomic E-state index is 0.0541. The number of ether oxygens (including phenoxy) is 2. The molecule has 3 rings (SSSR count). The number of nitrogens with one attached hydrogen (secondary N) is 1. The second-order valence-electron chi connectivity index (χ2n) is 4.04. The highest BCUT2D eigenvalue weighted by atomic mass is 35.5. The van der Waals surface area contributed by atoms with Gasteiger partial charge in [0.25, 0.3) is 10.0 Å². The Morgan fingerprint density at radius 1 is 1.33 bits per heavy atom. The SMILES string of the molecule is O=S(=O)(Nc1cccc(Cl)n1)c1cnc(C2OCCO2)s1. The first-order chi connectivity index (χ1) is 10.0. The summed E-state index contributed by atoms with van der Waals surface area (Å²) in [6.45, 7) is 0.939. The molecule has 1 aliphatic heterocycles. The number of anilines is 1. The van der Waals surface area contributed by atoms with Crippen molar-refractivity contribution in [2.45, 2.75) is 10.5 Å². The lowest BCUT2D eigenvalue weighted by Crippen LogP contribution is -2.12. The van der Waals surface area contributed by atoms with E-state index in [9.17, 15) is 8.42 Å². The van der Waals surface area contributed by atoms with Crippen LogP contribution in [-0.4, -0.2) is 31.6 Å². The van der Waals surface area contributed by atoms with Gasteiger partial charge in [-0.25, -0.2) is 18.4 Å². The number of nitrogens with zero attached hydrogens (tertiary/aromatic N) is 2. The molecule has 2 aromatic rings. The summed E-state index contributed by atoms with van der Waals surface area (Å²) in [5.41, 5.74) is 0. The molecule has 21 heavy (non-hydrogen) atoms. The standard InChI is InChI=1S/C11H10ClN3O4S2/c12-7-2-1-3-8(14-7)15-21(16,17)9-6-13-10(20-9)11-18-4-5-19-11/h1-3,6,11H,4-5H2,(H,14,15). The molecule has 0 spiro atoms. The van der Waals surface area contributed by atoms with E-state index in [1.807, 2.05) is 0 Å². The van der Waals surface area contributed by atoms with E-state index in [-0.39, 0.29) is 15.2 Å². The summed E-state index contributed by atoms with van der Waals surface area (Å²) in [6, 6.07) is 4.67. The van der Waals surface area contributed by atoms with E-state index in [1.54, 1.807) is 12.1 Å². The molecule has 0 amide bonds. The van der Waals surface area contributed by atoms with E-state index in [0.29, 0.717) is 18.2 Å². The third-order valence-corrected chi connectivity index (χ3v) is 5.59. The molecule has 0 unspecified atom stereocenters. The van der Waals surface area contributed by atoms with Gasteiger partial charge < -0.3 is 9.47 Å². The highest BCUT2D eigenvalue weighted by Crippen LogP contribution is 2.30. The van der Waals surface area contributed by atoms with Crippen LogP contribution in [0.2, 0.25) is 5.15 Å². The molecule has 7 nitrogen and oxygen atoms in total. The van der Waals surface area contributed by atoms with Crippen molar-refractivity contribution in [3.63, 3.8) is 0 Å². The van der Waals surface area contributed by atoms with Crippen molar-refractivity contribution < 1.29 is 17.9 Å². The third-order valence-electron chi connectivity index (χ3n) is 2.54. The predicted molar refractivity (Wildman–Crippen MR) is 76.8 cm³/mol. The minimum atomic E-state index is -3.77. The van der Waals surface area contributed by atoms with Crippen LogP contribution in [0.25, 0.3) is 0 Å². The Bertz CT molecular complexity index is 743. The summed E-state index contributed by atoms with van der Waals surface area (Å²) in [4.78, 5) is 7.90. The van der Waals surface area contributed by atoms with Crippen molar-refractivity contribution in [1.29, 1.82) is 0 Å². The van der Waals surface area contributed by atoms with E-state index in [2.05, 4.69) is 14.7 Å². The fourth-order valence-electron chi connectivity index (χ4n) is 1.66. The predicted octanol–water partition coefficient (Wildman–Crippen LogP) is 2.04. The Kier molecular flexibility index (Phi) is 4.09. The van der Waals surface area contributed by atoms with Gasteiger partial charge >= 0.3 is 0 Å². The summed E-state index contributed by atoms with van der Waals surface area (Å²) in [6.07, 6.45) is 0.668. The lowest BCUT2D eigenvalue weighted by atomic mass is 10.5. The molecule has 0 saturated carbocycles. The molecule has 1 saturated heterocycles. The van der Waals surface area contributed by atoms with Crippen molar-refractivity contribution in [2.24, 2.45) is 0 Å². The van der Waals surface area contributed by atoms with Crippen LogP contribution in [0.3, 0.4) is 0 Å². The Labute approximate surface area is 129 Å². The monoisotopic (exact) mass is 347 g/mol. The maximum atomic E-state index is 12.2. The molecule has 1 aliphatic rings. The summed E-state index contributed by atoms with van der Waals surface area (Å²) in [5.74, 6) is 0.144. The van der Waals surface area contributed by atoms with Crippen molar-refractivity contribution in [1.82, 2.24) is 9.97 Å². The molecule has 3 heterocycles. The Hall–Kier alpha value is -1.26. The lowest BCUT2D eigenvalue weighted by molar-refractivity contribution is -0.0442. The zero-order chi connectivity index (χ0) is 14.9. The minimum Gasteiger partial charge on any atom is -0.344 e. The van der Waals surface area contributed by atoms with Gasteiger partial charge in [-0.1, -0.05) is 17.7 Å². The molecule has 0 bridgehead atoms. The van der Waals surface area contributed by atoms with E-state index in [0.717, 1.165) is 11.3 Å². The van der Waals surface area contributed by atoms with Gasteiger partial charge in [-0.15, -0.1) is 11.3 Å². The van der Waals surface area contributed by atoms with Crippen LogP contribution in [0.15, 0.2) is 28.6 Å². The lowest BCUT2D eigenvalue weighted by Gasteiger charge is -2.05. The van der Waals surface area contributed by atoms with E-state index in [1.165, 1.54) is 12.3 Å². The van der Waals surface area contributed by atoms with Crippen LogP contribution >= 0.6 is 22.9 Å². The molecule has 0 aliphatic carbocycles. The fourth-order valence-corrected chi connectivity index (χ4v) is 3.97. The quantitative estimate of drug-likeness (QED) is 0.851. The second-order valence-corrected chi connectivity index (χ2v) is 7.40. The molecular weight excluding hydrogens is 338 g/mol. The topological polar surface area (TPSA) is 90.4 Å². The van der Waals surface area contributed by atoms with Crippen LogP contribution in [0.1, 0.15) is 11.3 Å². The molecule has 1 fully saturated rings. The maximum absolute atomic E-state index is 12.2. The van der Waals surface area contributed by atoms with E-state index >= 15 is 0 Å². The zero-order valence-electron chi connectivity index (χ0n) is 10.5. The number of pyridine rings is 1. The molecule has 0 aromatic carbocycles. The Morgan fingerprint density at radius 2 is 2.10 bits per heavy atom. The second kappa shape index (κ2) is 5.85. The largest absolute Gasteiger partial charge is 0.344 e. The van der Waals surface area contributed by atoms with Crippen LogP contribution in [0.4, 0.5) is 5.82 Å². The average Bonchev–Trinajstić information content (AvgIpc) is 3.10. The van der Waals surface area contributed by atoms with Crippen LogP contribution in [0, 0.1) is 0 Å². The molecule has 0 atom stereocenters.